The van der Waals surface area contributed by atoms with Crippen molar-refractivity contribution in [3.63, 3.8) is 0 Å². The number of hydrogen-bond donors (Lipinski definition) is 2. The Morgan fingerprint density at radius 1 is 1.28 bits per heavy atom. The zero-order chi connectivity index (χ0) is 18.2. The lowest BCUT2D eigenvalue weighted by Crippen LogP contribution is -2.37. The monoisotopic (exact) mass is 343 g/mol. The van der Waals surface area contributed by atoms with E-state index in [1.165, 1.54) is 6.33 Å². The number of piperidine rings is 1. The third-order valence-electron chi connectivity index (χ3n) is 4.27. The SMILES string of the molecule is N#CCCN(CCC#N)c1ncnc(N2CCC(C(=O)O)CC2)c1N. The lowest BCUT2D eigenvalue weighted by atomic mass is 9.97. The number of nitrogens with two attached hydrogens (primary N) is 1. The smallest absolute Gasteiger partial charge is 0.306 e. The molecule has 0 bridgehead atoms. The first-order valence-corrected chi connectivity index (χ1v) is 8.15. The highest BCUT2D eigenvalue weighted by atomic mass is 16.4. The Labute approximate surface area is 146 Å². The van der Waals surface area contributed by atoms with Crippen LogP contribution in [0.25, 0.3) is 0 Å². The summed E-state index contributed by atoms with van der Waals surface area (Å²) in [7, 11) is 0. The first-order chi connectivity index (χ1) is 12.1. The third-order valence-corrected chi connectivity index (χ3v) is 4.27. The van der Waals surface area contributed by atoms with E-state index in [4.69, 9.17) is 21.4 Å². The summed E-state index contributed by atoms with van der Waals surface area (Å²) in [5, 5.41) is 26.7. The van der Waals surface area contributed by atoms with Crippen molar-refractivity contribution in [2.24, 2.45) is 5.92 Å². The van der Waals surface area contributed by atoms with Crippen molar-refractivity contribution < 1.29 is 9.90 Å². The lowest BCUT2D eigenvalue weighted by Gasteiger charge is -2.32. The number of aliphatic carboxylic acids is 1. The molecule has 2 rings (SSSR count). The maximum Gasteiger partial charge on any atom is 0.306 e. The van der Waals surface area contributed by atoms with Crippen LogP contribution in [-0.4, -0.2) is 47.2 Å². The number of nitrogens with zero attached hydrogens (tertiary/aromatic N) is 6. The van der Waals surface area contributed by atoms with Crippen LogP contribution < -0.4 is 15.5 Å². The molecule has 0 saturated carbocycles. The normalized spacial score (nSPS) is 14.6. The van der Waals surface area contributed by atoms with Gasteiger partial charge in [0.25, 0.3) is 0 Å². The number of carboxylic acids is 1. The van der Waals surface area contributed by atoms with Crippen LogP contribution in [0, 0.1) is 28.6 Å². The molecule has 0 atom stereocenters. The summed E-state index contributed by atoms with van der Waals surface area (Å²) < 4.78 is 0. The minimum atomic E-state index is -0.768. The van der Waals surface area contributed by atoms with Crippen molar-refractivity contribution in [2.45, 2.75) is 25.7 Å². The van der Waals surface area contributed by atoms with E-state index in [-0.39, 0.29) is 5.92 Å². The Hall–Kier alpha value is -3.07. The van der Waals surface area contributed by atoms with Gasteiger partial charge >= 0.3 is 5.97 Å². The van der Waals surface area contributed by atoms with E-state index in [2.05, 4.69) is 22.1 Å². The Balaban J connectivity index is 2.19. The molecule has 0 radical (unpaired) electrons. The maximum absolute atomic E-state index is 11.1. The van der Waals surface area contributed by atoms with Gasteiger partial charge in [-0.3, -0.25) is 4.79 Å². The molecule has 1 fully saturated rings. The molecular formula is C16H21N7O2. The van der Waals surface area contributed by atoms with Gasteiger partial charge in [-0.2, -0.15) is 10.5 Å². The Kier molecular flexibility index (Phi) is 6.35. The number of carbonyl (C=O) groups is 1. The summed E-state index contributed by atoms with van der Waals surface area (Å²) in [5.74, 6) is -0.0136. The maximum atomic E-state index is 11.1. The average molecular weight is 343 g/mol. The molecule has 132 valence electrons. The van der Waals surface area contributed by atoms with E-state index in [1.54, 1.807) is 0 Å². The van der Waals surface area contributed by atoms with Gasteiger partial charge in [0.1, 0.15) is 12.0 Å². The number of nitrogen functional groups attached to an aromatic ring is 1. The Morgan fingerprint density at radius 2 is 1.88 bits per heavy atom. The molecule has 0 unspecified atom stereocenters. The van der Waals surface area contributed by atoms with Crippen LogP contribution in [-0.2, 0) is 4.79 Å². The molecule has 9 nitrogen and oxygen atoms in total. The largest absolute Gasteiger partial charge is 0.481 e. The lowest BCUT2D eigenvalue weighted by molar-refractivity contribution is -0.142. The zero-order valence-electron chi connectivity index (χ0n) is 13.9. The molecule has 1 saturated heterocycles. The molecule has 25 heavy (non-hydrogen) atoms. The van der Waals surface area contributed by atoms with Gasteiger partial charge in [-0.15, -0.1) is 0 Å². The summed E-state index contributed by atoms with van der Waals surface area (Å²) in [6.45, 7) is 1.99. The van der Waals surface area contributed by atoms with Crippen molar-refractivity contribution >= 4 is 23.3 Å². The molecule has 1 aromatic rings. The molecule has 1 aromatic heterocycles. The van der Waals surface area contributed by atoms with Crippen molar-refractivity contribution in [2.75, 3.05) is 41.7 Å². The highest BCUT2D eigenvalue weighted by molar-refractivity contribution is 5.76. The number of anilines is 3. The second-order valence-corrected chi connectivity index (χ2v) is 5.84. The van der Waals surface area contributed by atoms with E-state index in [0.29, 0.717) is 69.2 Å². The van der Waals surface area contributed by atoms with Gasteiger partial charge in [-0.1, -0.05) is 0 Å². The number of carboxylic acid groups (broad SMARTS) is 1. The summed E-state index contributed by atoms with van der Waals surface area (Å²) in [6, 6.07) is 4.16. The minimum Gasteiger partial charge on any atom is -0.481 e. The van der Waals surface area contributed by atoms with Gasteiger partial charge in [-0.05, 0) is 12.8 Å². The van der Waals surface area contributed by atoms with Gasteiger partial charge in [0.2, 0.25) is 0 Å². The predicted octanol–water partition coefficient (Wildman–Crippen LogP) is 0.994. The number of hydrogen-bond acceptors (Lipinski definition) is 8. The minimum absolute atomic E-state index is 0.300. The average Bonchev–Trinajstić information content (AvgIpc) is 2.62. The predicted molar refractivity (Wildman–Crippen MR) is 91.7 cm³/mol. The fourth-order valence-corrected chi connectivity index (χ4v) is 2.91. The standard InChI is InChI=1S/C16H21N7O2/c17-5-1-7-22(8-2-6-18)14-13(19)15(21-11-20-14)23-9-3-12(4-10-23)16(24)25/h11-12H,1-4,7-10,19H2,(H,24,25). The quantitative estimate of drug-likeness (QED) is 0.740. The summed E-state index contributed by atoms with van der Waals surface area (Å²) >= 11 is 0. The van der Waals surface area contributed by atoms with E-state index in [0.717, 1.165) is 0 Å². The van der Waals surface area contributed by atoms with Crippen LogP contribution in [0.1, 0.15) is 25.7 Å². The van der Waals surface area contributed by atoms with Gasteiger partial charge < -0.3 is 20.6 Å². The number of aromatic nitrogens is 2. The van der Waals surface area contributed by atoms with Crippen LogP contribution in [0.4, 0.5) is 17.3 Å². The summed E-state index contributed by atoms with van der Waals surface area (Å²) in [6.07, 6.45) is 3.10. The first kappa shape index (κ1) is 18.3. The summed E-state index contributed by atoms with van der Waals surface area (Å²) in [4.78, 5) is 23.4. The van der Waals surface area contributed by atoms with Crippen molar-refractivity contribution in [3.8, 4) is 12.1 Å². The van der Waals surface area contributed by atoms with E-state index < -0.39 is 5.97 Å². The van der Waals surface area contributed by atoms with Gasteiger partial charge in [0.05, 0.1) is 30.9 Å². The highest BCUT2D eigenvalue weighted by Gasteiger charge is 2.27. The van der Waals surface area contributed by atoms with E-state index in [9.17, 15) is 4.79 Å². The van der Waals surface area contributed by atoms with Crippen molar-refractivity contribution in [3.05, 3.63) is 6.33 Å². The second-order valence-electron chi connectivity index (χ2n) is 5.84. The molecule has 1 aliphatic rings. The number of nitriles is 2. The molecular weight excluding hydrogens is 322 g/mol. The highest BCUT2D eigenvalue weighted by Crippen LogP contribution is 2.31. The van der Waals surface area contributed by atoms with Gasteiger partial charge in [-0.25, -0.2) is 9.97 Å². The van der Waals surface area contributed by atoms with Crippen LogP contribution in [0.2, 0.25) is 0 Å². The fraction of sp³-hybridized carbons (Fsp3) is 0.562. The molecule has 0 aliphatic carbocycles. The van der Waals surface area contributed by atoms with Gasteiger partial charge in [0, 0.05) is 26.2 Å². The van der Waals surface area contributed by atoms with Crippen LogP contribution in [0.15, 0.2) is 6.33 Å². The first-order valence-electron chi connectivity index (χ1n) is 8.15. The molecule has 9 heteroatoms. The van der Waals surface area contributed by atoms with E-state index in [1.807, 2.05) is 9.80 Å². The summed E-state index contributed by atoms with van der Waals surface area (Å²) in [5.41, 5.74) is 6.66. The molecule has 0 amide bonds. The van der Waals surface area contributed by atoms with Crippen LogP contribution >= 0.6 is 0 Å². The number of rotatable bonds is 7. The van der Waals surface area contributed by atoms with Gasteiger partial charge in [0.15, 0.2) is 11.6 Å². The third kappa shape index (κ3) is 4.48. The van der Waals surface area contributed by atoms with E-state index >= 15 is 0 Å². The molecule has 3 N–H and O–H groups in total. The fourth-order valence-electron chi connectivity index (χ4n) is 2.91. The zero-order valence-corrected chi connectivity index (χ0v) is 13.9. The molecule has 1 aliphatic heterocycles. The Morgan fingerprint density at radius 3 is 2.40 bits per heavy atom. The van der Waals surface area contributed by atoms with Crippen molar-refractivity contribution in [1.29, 1.82) is 10.5 Å². The molecule has 0 aromatic carbocycles. The van der Waals surface area contributed by atoms with Crippen LogP contribution in [0.3, 0.4) is 0 Å². The topological polar surface area (TPSA) is 143 Å². The van der Waals surface area contributed by atoms with Crippen LogP contribution in [0.5, 0.6) is 0 Å². The second kappa shape index (κ2) is 8.69. The molecule has 2 heterocycles. The van der Waals surface area contributed by atoms with Crippen molar-refractivity contribution in [1.82, 2.24) is 9.97 Å². The Bertz CT molecular complexity index is 669. The molecule has 0 spiro atoms.